The van der Waals surface area contributed by atoms with E-state index in [0.29, 0.717) is 24.2 Å². The number of hydrogen-bond donors (Lipinski definition) is 0. The molecule has 5 rings (SSSR count). The van der Waals surface area contributed by atoms with Gasteiger partial charge in [-0.25, -0.2) is 0 Å². The molecule has 0 N–H and O–H groups in total. The van der Waals surface area contributed by atoms with Crippen LogP contribution < -0.4 is 4.74 Å². The summed E-state index contributed by atoms with van der Waals surface area (Å²) in [5.41, 5.74) is 0.687. The summed E-state index contributed by atoms with van der Waals surface area (Å²) in [4.78, 5) is 42.6. The van der Waals surface area contributed by atoms with E-state index in [1.807, 2.05) is 68.4 Å². The molecule has 2 saturated carbocycles. The van der Waals surface area contributed by atoms with Gasteiger partial charge in [-0.15, -0.1) is 23.5 Å². The van der Waals surface area contributed by atoms with E-state index >= 15 is 0 Å². The number of allylic oxidation sites excluding steroid dienone is 1. The van der Waals surface area contributed by atoms with Crippen LogP contribution in [0, 0.1) is 10.8 Å². The first-order chi connectivity index (χ1) is 16.8. The second-order valence-electron chi connectivity index (χ2n) is 10.4. The van der Waals surface area contributed by atoms with E-state index in [9.17, 15) is 14.4 Å². The maximum atomic E-state index is 14.4. The fraction of sp³-hybridized carbons (Fsp3) is 0.414. The number of carbonyl (C=O) groups excluding carboxylic acids is 3. The fourth-order valence-corrected chi connectivity index (χ4v) is 8.77. The van der Waals surface area contributed by atoms with Crippen molar-refractivity contribution in [2.24, 2.45) is 10.8 Å². The van der Waals surface area contributed by atoms with Gasteiger partial charge < -0.3 is 4.74 Å². The van der Waals surface area contributed by atoms with Gasteiger partial charge in [-0.05, 0) is 28.7 Å². The third-order valence-corrected chi connectivity index (χ3v) is 10.4. The minimum Gasteiger partial charge on any atom is -0.497 e. The van der Waals surface area contributed by atoms with Crippen molar-refractivity contribution in [3.05, 3.63) is 75.5 Å². The zero-order valence-corrected chi connectivity index (χ0v) is 22.0. The number of thioether (sulfide) groups is 2. The molecule has 0 radical (unpaired) electrons. The molecule has 0 amide bonds. The maximum absolute atomic E-state index is 14.4. The minimum atomic E-state index is -1.30. The summed E-state index contributed by atoms with van der Waals surface area (Å²) in [7, 11) is 1.61. The lowest BCUT2D eigenvalue weighted by Gasteiger charge is -2.52. The Morgan fingerprint density at radius 2 is 1.43 bits per heavy atom. The Balaban J connectivity index is 1.81. The first-order valence-corrected chi connectivity index (χ1v) is 14.0. The standard InChI is InChI=1S/C29H30O4S2/c1-28(2)16-23(31)29(24(32)17-28)21(18-7-5-4-6-8-18)15-22(30)25(27-34-13-14-35-27)26(29)19-9-11-20(33-3)12-10-19/h4-12,21,26H,13-17H2,1-3H3/t21-,26-/m1/s1. The maximum Gasteiger partial charge on any atom is 0.161 e. The summed E-state index contributed by atoms with van der Waals surface area (Å²) < 4.78 is 6.36. The molecule has 6 heteroatoms. The van der Waals surface area contributed by atoms with E-state index in [1.165, 1.54) is 0 Å². The monoisotopic (exact) mass is 506 g/mol. The van der Waals surface area contributed by atoms with Gasteiger partial charge >= 0.3 is 0 Å². The van der Waals surface area contributed by atoms with Gasteiger partial charge in [0.2, 0.25) is 0 Å². The second kappa shape index (κ2) is 9.29. The van der Waals surface area contributed by atoms with Gasteiger partial charge in [0, 0.05) is 52.4 Å². The van der Waals surface area contributed by atoms with Crippen molar-refractivity contribution >= 4 is 40.9 Å². The molecule has 35 heavy (non-hydrogen) atoms. The lowest BCUT2D eigenvalue weighted by molar-refractivity contribution is -0.153. The quantitative estimate of drug-likeness (QED) is 0.366. The lowest BCUT2D eigenvalue weighted by Crippen LogP contribution is -2.58. The van der Waals surface area contributed by atoms with Crippen molar-refractivity contribution in [2.45, 2.75) is 44.9 Å². The predicted octanol–water partition coefficient (Wildman–Crippen LogP) is 6.17. The summed E-state index contributed by atoms with van der Waals surface area (Å²) >= 11 is 3.36. The van der Waals surface area contributed by atoms with Crippen LogP contribution in [0.3, 0.4) is 0 Å². The SMILES string of the molecule is COc1ccc([C@@H]2C(=C3SCCS3)C(=O)C[C@H](c3ccccc3)C23C(=O)CC(C)(C)CC3=O)cc1. The van der Waals surface area contributed by atoms with Crippen molar-refractivity contribution in [2.75, 3.05) is 18.6 Å². The third-order valence-electron chi connectivity index (χ3n) is 7.61. The van der Waals surface area contributed by atoms with Gasteiger partial charge in [0.15, 0.2) is 5.78 Å². The van der Waals surface area contributed by atoms with Crippen LogP contribution in [-0.4, -0.2) is 36.0 Å². The van der Waals surface area contributed by atoms with Crippen molar-refractivity contribution in [1.82, 2.24) is 0 Å². The smallest absolute Gasteiger partial charge is 0.161 e. The molecular weight excluding hydrogens is 476 g/mol. The summed E-state index contributed by atoms with van der Waals surface area (Å²) in [5, 5.41) is 0. The molecule has 1 saturated heterocycles. The molecule has 2 aliphatic carbocycles. The average molecular weight is 507 g/mol. The van der Waals surface area contributed by atoms with E-state index in [2.05, 4.69) is 0 Å². The molecule has 2 aromatic rings. The number of rotatable bonds is 3. The number of ketones is 3. The molecule has 2 aromatic carbocycles. The number of carbonyl (C=O) groups is 3. The molecule has 3 fully saturated rings. The Bertz CT molecular complexity index is 1170. The van der Waals surface area contributed by atoms with Crippen LogP contribution in [0.2, 0.25) is 0 Å². The first-order valence-electron chi connectivity index (χ1n) is 12.1. The van der Waals surface area contributed by atoms with E-state index in [4.69, 9.17) is 4.74 Å². The number of benzene rings is 2. The number of hydrogen-bond acceptors (Lipinski definition) is 6. The molecule has 0 unspecified atom stereocenters. The average Bonchev–Trinajstić information content (AvgIpc) is 3.37. The van der Waals surface area contributed by atoms with E-state index < -0.39 is 22.7 Å². The van der Waals surface area contributed by atoms with E-state index in [1.54, 1.807) is 30.6 Å². The molecule has 1 spiro atoms. The molecule has 0 aromatic heterocycles. The highest BCUT2D eigenvalue weighted by atomic mass is 32.2. The molecule has 2 atom stereocenters. The minimum absolute atomic E-state index is 0.0352. The topological polar surface area (TPSA) is 60.4 Å². The van der Waals surface area contributed by atoms with E-state index in [0.717, 1.165) is 26.9 Å². The Morgan fingerprint density at radius 1 is 0.829 bits per heavy atom. The molecule has 1 heterocycles. The van der Waals surface area contributed by atoms with Crippen LogP contribution in [0.4, 0.5) is 0 Å². The van der Waals surface area contributed by atoms with Crippen molar-refractivity contribution in [1.29, 1.82) is 0 Å². The number of Topliss-reactive ketones (excluding diaryl/α,β-unsaturated/α-hetero) is 3. The highest BCUT2D eigenvalue weighted by Gasteiger charge is 2.65. The molecule has 1 aliphatic heterocycles. The molecule has 182 valence electrons. The number of methoxy groups -OCH3 is 1. The summed E-state index contributed by atoms with van der Waals surface area (Å²) in [6.07, 6.45) is 0.826. The number of ether oxygens (including phenoxy) is 1. The zero-order chi connectivity index (χ0) is 24.8. The Morgan fingerprint density at radius 3 is 2.00 bits per heavy atom. The fourth-order valence-electron chi connectivity index (χ4n) is 6.13. The molecule has 4 nitrogen and oxygen atoms in total. The van der Waals surface area contributed by atoms with Crippen LogP contribution >= 0.6 is 23.5 Å². The van der Waals surface area contributed by atoms with Crippen molar-refractivity contribution in [3.63, 3.8) is 0 Å². The van der Waals surface area contributed by atoms with Crippen LogP contribution in [0.15, 0.2) is 64.4 Å². The van der Waals surface area contributed by atoms with Gasteiger partial charge in [-0.2, -0.15) is 0 Å². The van der Waals surface area contributed by atoms with Gasteiger partial charge in [-0.3, -0.25) is 14.4 Å². The van der Waals surface area contributed by atoms with Crippen LogP contribution in [0.25, 0.3) is 0 Å². The van der Waals surface area contributed by atoms with Gasteiger partial charge in [0.1, 0.15) is 22.7 Å². The Labute approximate surface area is 215 Å². The van der Waals surface area contributed by atoms with E-state index in [-0.39, 0.29) is 23.8 Å². The second-order valence-corrected chi connectivity index (χ2v) is 12.9. The molecule has 0 bridgehead atoms. The predicted molar refractivity (Wildman–Crippen MR) is 142 cm³/mol. The van der Waals surface area contributed by atoms with Gasteiger partial charge in [-0.1, -0.05) is 56.3 Å². The Hall–Kier alpha value is -2.31. The summed E-state index contributed by atoms with van der Waals surface area (Å²) in [6, 6.07) is 17.3. The molecular formula is C29H30O4S2. The highest BCUT2D eigenvalue weighted by molar-refractivity contribution is 8.25. The van der Waals surface area contributed by atoms with Crippen LogP contribution in [0.5, 0.6) is 5.75 Å². The highest BCUT2D eigenvalue weighted by Crippen LogP contribution is 2.63. The largest absolute Gasteiger partial charge is 0.497 e. The normalized spacial score (nSPS) is 25.9. The summed E-state index contributed by atoms with van der Waals surface area (Å²) in [5.74, 6) is 1.44. The van der Waals surface area contributed by atoms with Crippen molar-refractivity contribution in [3.8, 4) is 5.75 Å². The first kappa shape index (κ1) is 24.4. The van der Waals surface area contributed by atoms with Crippen LogP contribution in [-0.2, 0) is 14.4 Å². The van der Waals surface area contributed by atoms with Gasteiger partial charge in [0.05, 0.1) is 7.11 Å². The molecule has 3 aliphatic rings. The third kappa shape index (κ3) is 4.09. The van der Waals surface area contributed by atoms with Gasteiger partial charge in [0.25, 0.3) is 0 Å². The Kier molecular flexibility index (Phi) is 6.47. The lowest BCUT2D eigenvalue weighted by atomic mass is 9.47. The van der Waals surface area contributed by atoms with Crippen molar-refractivity contribution < 1.29 is 19.1 Å². The zero-order valence-electron chi connectivity index (χ0n) is 20.3. The van der Waals surface area contributed by atoms with Crippen LogP contribution in [0.1, 0.15) is 56.1 Å². The summed E-state index contributed by atoms with van der Waals surface area (Å²) in [6.45, 7) is 3.98.